The van der Waals surface area contributed by atoms with Gasteiger partial charge in [-0.3, -0.25) is 4.79 Å². The Balaban J connectivity index is 2.00. The van der Waals surface area contributed by atoms with Gasteiger partial charge in [0.15, 0.2) is 18.1 Å². The molecule has 0 aliphatic rings. The van der Waals surface area contributed by atoms with E-state index in [2.05, 4.69) is 0 Å². The van der Waals surface area contributed by atoms with Crippen LogP contribution in [0.1, 0.15) is 11.1 Å². The van der Waals surface area contributed by atoms with Crippen molar-refractivity contribution < 1.29 is 19.0 Å². The van der Waals surface area contributed by atoms with Crippen LogP contribution in [0.25, 0.3) is 0 Å². The number of carbonyl (C=O) groups excluding carboxylic acids is 1. The summed E-state index contributed by atoms with van der Waals surface area (Å²) in [6.45, 7) is 2.36. The summed E-state index contributed by atoms with van der Waals surface area (Å²) in [5.74, 6) is 1.90. The molecule has 0 fully saturated rings. The SMILES string of the molecule is COc1cccc(CN(C)C(=O)COc2ccccc2C)c1OC. The number of ether oxygens (including phenoxy) is 3. The summed E-state index contributed by atoms with van der Waals surface area (Å²) in [6, 6.07) is 13.2. The van der Waals surface area contributed by atoms with E-state index in [1.807, 2.05) is 49.4 Å². The molecule has 0 radical (unpaired) electrons. The van der Waals surface area contributed by atoms with E-state index in [0.29, 0.717) is 18.0 Å². The van der Waals surface area contributed by atoms with E-state index in [9.17, 15) is 4.79 Å². The number of likely N-dealkylation sites (N-methyl/N-ethyl adjacent to an activating group) is 1. The quantitative estimate of drug-likeness (QED) is 0.783. The Morgan fingerprint density at radius 2 is 1.71 bits per heavy atom. The molecule has 0 aliphatic carbocycles. The van der Waals surface area contributed by atoms with Gasteiger partial charge < -0.3 is 19.1 Å². The van der Waals surface area contributed by atoms with Crippen LogP contribution in [0.2, 0.25) is 0 Å². The Bertz CT molecular complexity index is 700. The number of para-hydroxylation sites is 2. The van der Waals surface area contributed by atoms with E-state index in [0.717, 1.165) is 16.9 Å². The van der Waals surface area contributed by atoms with E-state index in [1.54, 1.807) is 26.2 Å². The predicted molar refractivity (Wildman–Crippen MR) is 92.7 cm³/mol. The van der Waals surface area contributed by atoms with Gasteiger partial charge >= 0.3 is 0 Å². The van der Waals surface area contributed by atoms with Gasteiger partial charge in [0, 0.05) is 19.2 Å². The molecule has 24 heavy (non-hydrogen) atoms. The molecule has 0 saturated carbocycles. The second kappa shape index (κ2) is 8.24. The average Bonchev–Trinajstić information content (AvgIpc) is 2.60. The monoisotopic (exact) mass is 329 g/mol. The molecule has 0 spiro atoms. The number of hydrogen-bond acceptors (Lipinski definition) is 4. The lowest BCUT2D eigenvalue weighted by atomic mass is 10.1. The molecule has 0 atom stereocenters. The van der Waals surface area contributed by atoms with Crippen LogP contribution in [-0.2, 0) is 11.3 Å². The summed E-state index contributed by atoms with van der Waals surface area (Å²) in [6.07, 6.45) is 0. The largest absolute Gasteiger partial charge is 0.493 e. The molecule has 5 nitrogen and oxygen atoms in total. The minimum atomic E-state index is -0.108. The Morgan fingerprint density at radius 3 is 2.38 bits per heavy atom. The van der Waals surface area contributed by atoms with Crippen LogP contribution in [0.5, 0.6) is 17.2 Å². The fourth-order valence-electron chi connectivity index (χ4n) is 2.39. The molecule has 1 amide bonds. The number of carbonyl (C=O) groups is 1. The normalized spacial score (nSPS) is 10.2. The van der Waals surface area contributed by atoms with E-state index >= 15 is 0 Å². The Hall–Kier alpha value is -2.69. The Morgan fingerprint density at radius 1 is 1.00 bits per heavy atom. The fraction of sp³-hybridized carbons (Fsp3) is 0.316. The number of amides is 1. The highest BCUT2D eigenvalue weighted by Gasteiger charge is 2.15. The van der Waals surface area contributed by atoms with Crippen molar-refractivity contribution in [2.24, 2.45) is 0 Å². The average molecular weight is 329 g/mol. The van der Waals surface area contributed by atoms with E-state index < -0.39 is 0 Å². The first kappa shape index (κ1) is 17.7. The highest BCUT2D eigenvalue weighted by atomic mass is 16.5. The van der Waals surface area contributed by atoms with Gasteiger partial charge in [-0.2, -0.15) is 0 Å². The first-order chi connectivity index (χ1) is 11.6. The molecule has 0 aromatic heterocycles. The molecule has 0 N–H and O–H groups in total. The molecule has 0 saturated heterocycles. The zero-order valence-corrected chi connectivity index (χ0v) is 14.5. The fourth-order valence-corrected chi connectivity index (χ4v) is 2.39. The van der Waals surface area contributed by atoms with Gasteiger partial charge in [-0.15, -0.1) is 0 Å². The molecule has 0 unspecified atom stereocenters. The van der Waals surface area contributed by atoms with Crippen LogP contribution < -0.4 is 14.2 Å². The van der Waals surface area contributed by atoms with Crippen molar-refractivity contribution in [2.75, 3.05) is 27.9 Å². The maximum Gasteiger partial charge on any atom is 0.260 e. The van der Waals surface area contributed by atoms with Crippen molar-refractivity contribution in [1.82, 2.24) is 4.90 Å². The molecular weight excluding hydrogens is 306 g/mol. The Kier molecular flexibility index (Phi) is 6.07. The summed E-state index contributed by atoms with van der Waals surface area (Å²) in [5, 5.41) is 0. The summed E-state index contributed by atoms with van der Waals surface area (Å²) in [4.78, 5) is 13.9. The van der Waals surface area contributed by atoms with Crippen molar-refractivity contribution >= 4 is 5.91 Å². The summed E-state index contributed by atoms with van der Waals surface area (Å²) < 4.78 is 16.3. The molecular formula is C19H23NO4. The van der Waals surface area contributed by atoms with Crippen LogP contribution in [0.15, 0.2) is 42.5 Å². The second-order valence-corrected chi connectivity index (χ2v) is 5.46. The zero-order chi connectivity index (χ0) is 17.5. The molecule has 2 aromatic carbocycles. The maximum absolute atomic E-state index is 12.3. The third-order valence-electron chi connectivity index (χ3n) is 3.76. The lowest BCUT2D eigenvalue weighted by molar-refractivity contribution is -0.132. The standard InChI is InChI=1S/C19H23NO4/c1-14-8-5-6-10-16(14)24-13-18(21)20(2)12-15-9-7-11-17(22-3)19(15)23-4/h5-11H,12-13H2,1-4H3. The first-order valence-electron chi connectivity index (χ1n) is 7.69. The number of nitrogens with zero attached hydrogens (tertiary/aromatic N) is 1. The van der Waals surface area contributed by atoms with E-state index in [1.165, 1.54) is 0 Å². The van der Waals surface area contributed by atoms with Crippen LogP contribution in [0.3, 0.4) is 0 Å². The third kappa shape index (κ3) is 4.19. The van der Waals surface area contributed by atoms with Gasteiger partial charge in [0.25, 0.3) is 5.91 Å². The third-order valence-corrected chi connectivity index (χ3v) is 3.76. The number of aryl methyl sites for hydroxylation is 1. The molecule has 2 aromatic rings. The molecule has 5 heteroatoms. The Labute approximate surface area is 142 Å². The first-order valence-corrected chi connectivity index (χ1v) is 7.69. The van der Waals surface area contributed by atoms with Gasteiger partial charge in [-0.25, -0.2) is 0 Å². The van der Waals surface area contributed by atoms with Gasteiger partial charge in [0.1, 0.15) is 5.75 Å². The second-order valence-electron chi connectivity index (χ2n) is 5.46. The van der Waals surface area contributed by atoms with Gasteiger partial charge in [-0.1, -0.05) is 30.3 Å². The topological polar surface area (TPSA) is 48.0 Å². The van der Waals surface area contributed by atoms with E-state index in [4.69, 9.17) is 14.2 Å². The molecule has 0 bridgehead atoms. The number of rotatable bonds is 7. The summed E-state index contributed by atoms with van der Waals surface area (Å²) in [7, 11) is 4.92. The van der Waals surface area contributed by atoms with Gasteiger partial charge in [0.2, 0.25) is 0 Å². The van der Waals surface area contributed by atoms with Gasteiger partial charge in [-0.05, 0) is 24.6 Å². The smallest absolute Gasteiger partial charge is 0.260 e. The summed E-state index contributed by atoms with van der Waals surface area (Å²) >= 11 is 0. The minimum Gasteiger partial charge on any atom is -0.493 e. The highest BCUT2D eigenvalue weighted by Crippen LogP contribution is 2.31. The maximum atomic E-state index is 12.3. The number of methoxy groups -OCH3 is 2. The lowest BCUT2D eigenvalue weighted by Gasteiger charge is -2.20. The number of hydrogen-bond donors (Lipinski definition) is 0. The highest BCUT2D eigenvalue weighted by molar-refractivity contribution is 5.77. The molecule has 0 aliphatic heterocycles. The zero-order valence-electron chi connectivity index (χ0n) is 14.5. The van der Waals surface area contributed by atoms with Crippen molar-refractivity contribution in [1.29, 1.82) is 0 Å². The van der Waals surface area contributed by atoms with E-state index in [-0.39, 0.29) is 12.5 Å². The summed E-state index contributed by atoms with van der Waals surface area (Å²) in [5.41, 5.74) is 1.88. The molecule has 128 valence electrons. The minimum absolute atomic E-state index is 0.00631. The van der Waals surface area contributed by atoms with Crippen molar-refractivity contribution in [2.45, 2.75) is 13.5 Å². The van der Waals surface area contributed by atoms with Gasteiger partial charge in [0.05, 0.1) is 14.2 Å². The number of benzene rings is 2. The van der Waals surface area contributed by atoms with Crippen LogP contribution in [0.4, 0.5) is 0 Å². The molecule has 0 heterocycles. The van der Waals surface area contributed by atoms with Crippen molar-refractivity contribution in [3.63, 3.8) is 0 Å². The van der Waals surface area contributed by atoms with Crippen molar-refractivity contribution in [3.8, 4) is 17.2 Å². The van der Waals surface area contributed by atoms with Crippen LogP contribution in [-0.4, -0.2) is 38.7 Å². The van der Waals surface area contributed by atoms with Crippen LogP contribution >= 0.6 is 0 Å². The van der Waals surface area contributed by atoms with Crippen LogP contribution in [0, 0.1) is 6.92 Å². The van der Waals surface area contributed by atoms with Crippen molar-refractivity contribution in [3.05, 3.63) is 53.6 Å². The lowest BCUT2D eigenvalue weighted by Crippen LogP contribution is -2.31. The predicted octanol–water partition coefficient (Wildman–Crippen LogP) is 3.05. The molecule has 2 rings (SSSR count).